The first-order valence-corrected chi connectivity index (χ1v) is 9.80. The Morgan fingerprint density at radius 2 is 1.52 bits per heavy atom. The van der Waals surface area contributed by atoms with Gasteiger partial charge in [0.05, 0.1) is 0 Å². The Hall–Kier alpha value is -0.300. The van der Waals surface area contributed by atoms with Gasteiger partial charge < -0.3 is 0 Å². The van der Waals surface area contributed by atoms with Crippen molar-refractivity contribution in [2.24, 2.45) is 23.2 Å². The molecule has 4 aliphatic rings. The lowest BCUT2D eigenvalue weighted by Crippen LogP contribution is -2.46. The summed E-state index contributed by atoms with van der Waals surface area (Å²) in [5, 5.41) is 0. The van der Waals surface area contributed by atoms with E-state index in [0.29, 0.717) is 10.2 Å². The summed E-state index contributed by atoms with van der Waals surface area (Å²) in [7, 11) is 0. The van der Waals surface area contributed by atoms with E-state index >= 15 is 0 Å². The van der Waals surface area contributed by atoms with E-state index in [4.69, 9.17) is 0 Å². The second-order valence-corrected chi connectivity index (χ2v) is 9.29. The summed E-state index contributed by atoms with van der Waals surface area (Å²) in [5.74, 6) is 3.20. The standard InChI is InChI=1S/C20H27Br/c1-2-14-3-5-18(6-4-14)19(21)13-20-10-15-7-16(11-20)9-17(8-15)12-20/h3-6,15-17,19H,2,7-13H2,1H3. The minimum Gasteiger partial charge on any atom is -0.0839 e. The van der Waals surface area contributed by atoms with Crippen molar-refractivity contribution in [3.8, 4) is 0 Å². The Morgan fingerprint density at radius 3 is 2.00 bits per heavy atom. The molecule has 0 radical (unpaired) electrons. The van der Waals surface area contributed by atoms with Crippen LogP contribution >= 0.6 is 15.9 Å². The molecule has 5 rings (SSSR count). The van der Waals surface area contributed by atoms with Crippen molar-refractivity contribution < 1.29 is 0 Å². The average Bonchev–Trinajstić information content (AvgIpc) is 2.45. The molecule has 0 aliphatic heterocycles. The Kier molecular flexibility index (Phi) is 3.68. The highest BCUT2D eigenvalue weighted by molar-refractivity contribution is 9.09. The van der Waals surface area contributed by atoms with E-state index < -0.39 is 0 Å². The molecule has 114 valence electrons. The van der Waals surface area contributed by atoms with E-state index in [1.165, 1.54) is 36.8 Å². The molecule has 1 atom stereocenters. The summed E-state index contributed by atoms with van der Waals surface area (Å²) in [4.78, 5) is 0.555. The number of halogens is 1. The molecule has 1 heteroatoms. The molecule has 4 fully saturated rings. The van der Waals surface area contributed by atoms with Gasteiger partial charge in [0.2, 0.25) is 0 Å². The number of hydrogen-bond acceptors (Lipinski definition) is 0. The van der Waals surface area contributed by atoms with Gasteiger partial charge in [0.1, 0.15) is 0 Å². The number of hydrogen-bond donors (Lipinski definition) is 0. The maximum Gasteiger partial charge on any atom is 0.0400 e. The predicted molar refractivity (Wildman–Crippen MR) is 92.7 cm³/mol. The van der Waals surface area contributed by atoms with Gasteiger partial charge in [-0.25, -0.2) is 0 Å². The van der Waals surface area contributed by atoms with Crippen LogP contribution < -0.4 is 0 Å². The monoisotopic (exact) mass is 346 g/mol. The van der Waals surface area contributed by atoms with Crippen LogP contribution in [0.5, 0.6) is 0 Å². The first kappa shape index (κ1) is 14.3. The first-order valence-electron chi connectivity index (χ1n) is 8.89. The molecule has 1 aromatic carbocycles. The van der Waals surface area contributed by atoms with Crippen molar-refractivity contribution in [3.63, 3.8) is 0 Å². The van der Waals surface area contributed by atoms with Crippen LogP contribution in [0.15, 0.2) is 24.3 Å². The molecule has 21 heavy (non-hydrogen) atoms. The van der Waals surface area contributed by atoms with Gasteiger partial charge in [-0.1, -0.05) is 47.1 Å². The van der Waals surface area contributed by atoms with Crippen molar-refractivity contribution in [3.05, 3.63) is 35.4 Å². The Labute approximate surface area is 137 Å². The van der Waals surface area contributed by atoms with Gasteiger partial charge in [-0.3, -0.25) is 0 Å². The van der Waals surface area contributed by atoms with Crippen LogP contribution in [-0.2, 0) is 6.42 Å². The van der Waals surface area contributed by atoms with E-state index in [9.17, 15) is 0 Å². The van der Waals surface area contributed by atoms with Crippen molar-refractivity contribution in [2.75, 3.05) is 0 Å². The third kappa shape index (κ3) is 2.71. The van der Waals surface area contributed by atoms with Crippen LogP contribution in [0.3, 0.4) is 0 Å². The van der Waals surface area contributed by atoms with Gasteiger partial charge in [-0.05, 0) is 85.7 Å². The second-order valence-electron chi connectivity index (χ2n) is 8.18. The normalized spacial score (nSPS) is 38.7. The molecular weight excluding hydrogens is 320 g/mol. The van der Waals surface area contributed by atoms with Gasteiger partial charge in [0, 0.05) is 4.83 Å². The van der Waals surface area contributed by atoms with Crippen LogP contribution in [0, 0.1) is 23.2 Å². The van der Waals surface area contributed by atoms with Crippen LogP contribution in [0.1, 0.15) is 67.8 Å². The summed E-state index contributed by atoms with van der Waals surface area (Å²) >= 11 is 4.02. The molecule has 0 amide bonds. The molecular formula is C20H27Br. The Balaban J connectivity index is 1.49. The van der Waals surface area contributed by atoms with Crippen LogP contribution in [0.25, 0.3) is 0 Å². The lowest BCUT2D eigenvalue weighted by atomic mass is 9.48. The highest BCUT2D eigenvalue weighted by Gasteiger charge is 2.51. The van der Waals surface area contributed by atoms with E-state index in [1.807, 2.05) is 0 Å². The largest absolute Gasteiger partial charge is 0.0839 e. The quantitative estimate of drug-likeness (QED) is 0.561. The molecule has 0 saturated heterocycles. The summed E-state index contributed by atoms with van der Waals surface area (Å²) in [6.07, 6.45) is 11.7. The van der Waals surface area contributed by atoms with E-state index in [-0.39, 0.29) is 0 Å². The fourth-order valence-corrected chi connectivity index (χ4v) is 6.99. The molecule has 0 N–H and O–H groups in total. The van der Waals surface area contributed by atoms with Crippen LogP contribution in [0.4, 0.5) is 0 Å². The fourth-order valence-electron chi connectivity index (χ4n) is 6.00. The predicted octanol–water partition coefficient (Wildman–Crippen LogP) is 6.29. The molecule has 4 bridgehead atoms. The smallest absolute Gasteiger partial charge is 0.0400 e. The third-order valence-electron chi connectivity index (χ3n) is 6.53. The lowest BCUT2D eigenvalue weighted by molar-refractivity contribution is -0.0571. The van der Waals surface area contributed by atoms with Crippen molar-refractivity contribution >= 4 is 15.9 Å². The summed E-state index contributed by atoms with van der Waals surface area (Å²) in [5.41, 5.74) is 3.61. The number of rotatable bonds is 4. The van der Waals surface area contributed by atoms with Gasteiger partial charge in [0.15, 0.2) is 0 Å². The molecule has 4 saturated carbocycles. The topological polar surface area (TPSA) is 0 Å². The molecule has 0 spiro atoms. The summed E-state index contributed by atoms with van der Waals surface area (Å²) < 4.78 is 0. The SMILES string of the molecule is CCc1ccc(C(Br)CC23CC4CC(CC(C4)C2)C3)cc1. The van der Waals surface area contributed by atoms with Crippen molar-refractivity contribution in [1.29, 1.82) is 0 Å². The first-order chi connectivity index (χ1) is 10.2. The molecule has 0 aromatic heterocycles. The Bertz CT molecular complexity index is 466. The van der Waals surface area contributed by atoms with Crippen LogP contribution in [-0.4, -0.2) is 0 Å². The molecule has 4 aliphatic carbocycles. The Morgan fingerprint density at radius 1 is 1.00 bits per heavy atom. The highest BCUT2D eigenvalue weighted by atomic mass is 79.9. The van der Waals surface area contributed by atoms with Crippen LogP contribution in [0.2, 0.25) is 0 Å². The van der Waals surface area contributed by atoms with E-state index in [2.05, 4.69) is 47.1 Å². The van der Waals surface area contributed by atoms with Gasteiger partial charge in [-0.2, -0.15) is 0 Å². The summed E-state index contributed by atoms with van der Waals surface area (Å²) in [6, 6.07) is 9.31. The fraction of sp³-hybridized carbons (Fsp3) is 0.700. The molecule has 1 unspecified atom stereocenters. The van der Waals surface area contributed by atoms with Crippen molar-refractivity contribution in [2.45, 2.75) is 63.1 Å². The lowest BCUT2D eigenvalue weighted by Gasteiger charge is -2.57. The maximum atomic E-state index is 4.02. The number of benzene rings is 1. The maximum absolute atomic E-state index is 4.02. The minimum absolute atomic E-state index is 0.555. The van der Waals surface area contributed by atoms with Gasteiger partial charge in [-0.15, -0.1) is 0 Å². The van der Waals surface area contributed by atoms with Gasteiger partial charge in [0.25, 0.3) is 0 Å². The molecule has 0 heterocycles. The minimum atomic E-state index is 0.555. The molecule has 0 nitrogen and oxygen atoms in total. The number of aryl methyl sites for hydroxylation is 1. The zero-order valence-electron chi connectivity index (χ0n) is 13.2. The van der Waals surface area contributed by atoms with E-state index in [0.717, 1.165) is 24.2 Å². The summed E-state index contributed by atoms with van der Waals surface area (Å²) in [6.45, 7) is 2.23. The van der Waals surface area contributed by atoms with E-state index in [1.54, 1.807) is 19.3 Å². The zero-order valence-corrected chi connectivity index (χ0v) is 14.7. The number of alkyl halides is 1. The highest BCUT2D eigenvalue weighted by Crippen LogP contribution is 2.63. The third-order valence-corrected chi connectivity index (χ3v) is 7.38. The molecule has 1 aromatic rings. The van der Waals surface area contributed by atoms with Crippen molar-refractivity contribution in [1.82, 2.24) is 0 Å². The average molecular weight is 347 g/mol. The van der Waals surface area contributed by atoms with Gasteiger partial charge >= 0.3 is 0 Å². The zero-order chi connectivity index (χ0) is 14.4. The second kappa shape index (κ2) is 5.41.